The van der Waals surface area contributed by atoms with E-state index in [9.17, 15) is 9.90 Å². The Balaban J connectivity index is 1.60. The number of aliphatic hydroxyl groups is 1. The van der Waals surface area contributed by atoms with Crippen LogP contribution in [-0.4, -0.2) is 22.1 Å². The molecule has 0 spiro atoms. The zero-order valence-electron chi connectivity index (χ0n) is 15.0. The van der Waals surface area contributed by atoms with Crippen molar-refractivity contribution in [3.63, 3.8) is 0 Å². The number of hydrogen-bond acceptors (Lipinski definition) is 4. The first-order valence-corrected chi connectivity index (χ1v) is 8.93. The third kappa shape index (κ3) is 3.29. The van der Waals surface area contributed by atoms with Crippen LogP contribution in [0, 0.1) is 6.92 Å². The molecule has 3 aromatic rings. The summed E-state index contributed by atoms with van der Waals surface area (Å²) < 4.78 is 0. The number of rotatable bonds is 3. The van der Waals surface area contributed by atoms with Gasteiger partial charge in [-0.1, -0.05) is 36.4 Å². The van der Waals surface area contributed by atoms with E-state index in [-0.39, 0.29) is 5.91 Å². The van der Waals surface area contributed by atoms with Gasteiger partial charge in [0.05, 0.1) is 12.1 Å². The van der Waals surface area contributed by atoms with E-state index >= 15 is 0 Å². The quantitative estimate of drug-likeness (QED) is 0.671. The third-order valence-electron chi connectivity index (χ3n) is 5.03. The zero-order chi connectivity index (χ0) is 19.0. The number of nitrogens with one attached hydrogen (secondary N) is 1. The summed E-state index contributed by atoms with van der Waals surface area (Å²) in [5.41, 5.74) is 11.0. The Hall–Kier alpha value is -3.18. The van der Waals surface area contributed by atoms with Gasteiger partial charge in [0.15, 0.2) is 0 Å². The molecule has 0 bridgehead atoms. The molecular formula is C22H21N3O2. The highest BCUT2D eigenvalue weighted by Crippen LogP contribution is 2.31. The largest absolute Gasteiger partial charge is 0.390 e. The molecule has 1 aliphatic carbocycles. The zero-order valence-corrected chi connectivity index (χ0v) is 15.0. The SMILES string of the molecule is Cc1nc(N)ccc1-c1cccc(C(=O)N[C@H]2c3ccccc3C[C@H]2O)c1. The van der Waals surface area contributed by atoms with Gasteiger partial charge in [0, 0.05) is 23.2 Å². The molecule has 1 heterocycles. The van der Waals surface area contributed by atoms with Gasteiger partial charge < -0.3 is 16.2 Å². The maximum absolute atomic E-state index is 12.8. The number of benzene rings is 2. The van der Waals surface area contributed by atoms with Crippen LogP contribution in [0.3, 0.4) is 0 Å². The number of anilines is 1. The van der Waals surface area contributed by atoms with Gasteiger partial charge in [0.25, 0.3) is 5.91 Å². The van der Waals surface area contributed by atoms with Crippen molar-refractivity contribution in [2.45, 2.75) is 25.5 Å². The van der Waals surface area contributed by atoms with Crippen LogP contribution in [0.15, 0.2) is 60.7 Å². The number of nitrogen functional groups attached to an aromatic ring is 1. The number of aryl methyl sites for hydroxylation is 1. The fourth-order valence-corrected chi connectivity index (χ4v) is 3.69. The Morgan fingerprint density at radius 2 is 1.96 bits per heavy atom. The van der Waals surface area contributed by atoms with Crippen molar-refractivity contribution in [3.05, 3.63) is 83.0 Å². The molecule has 1 aromatic heterocycles. The Morgan fingerprint density at radius 3 is 2.78 bits per heavy atom. The standard InChI is InChI=1S/C22H21N3O2/c1-13-17(9-10-20(23)24-13)14-6-4-7-16(11-14)22(27)25-21-18-8-3-2-5-15(18)12-19(21)26/h2-11,19,21,26H,12H2,1H3,(H2,23,24)(H,25,27)/t19-,21+/m1/s1. The van der Waals surface area contributed by atoms with Crippen molar-refractivity contribution >= 4 is 11.7 Å². The second kappa shape index (κ2) is 6.85. The Labute approximate surface area is 157 Å². The van der Waals surface area contributed by atoms with Gasteiger partial charge in [-0.05, 0) is 47.9 Å². The van der Waals surface area contributed by atoms with Crippen molar-refractivity contribution in [1.82, 2.24) is 10.3 Å². The molecule has 0 fully saturated rings. The van der Waals surface area contributed by atoms with E-state index in [2.05, 4.69) is 10.3 Å². The van der Waals surface area contributed by atoms with Crippen LogP contribution in [0.25, 0.3) is 11.1 Å². The van der Waals surface area contributed by atoms with Crippen LogP contribution in [-0.2, 0) is 6.42 Å². The molecule has 5 heteroatoms. The van der Waals surface area contributed by atoms with Crippen LogP contribution in [0.2, 0.25) is 0 Å². The number of carbonyl (C=O) groups is 1. The predicted molar refractivity (Wildman–Crippen MR) is 105 cm³/mol. The minimum atomic E-state index is -0.613. The average molecular weight is 359 g/mol. The maximum atomic E-state index is 12.8. The van der Waals surface area contributed by atoms with Gasteiger partial charge in [-0.25, -0.2) is 4.98 Å². The fraction of sp³-hybridized carbons (Fsp3) is 0.182. The predicted octanol–water partition coefficient (Wildman–Crippen LogP) is 3.03. The lowest BCUT2D eigenvalue weighted by atomic mass is 10.0. The second-order valence-corrected chi connectivity index (χ2v) is 6.87. The smallest absolute Gasteiger partial charge is 0.251 e. The van der Waals surface area contributed by atoms with Crippen LogP contribution >= 0.6 is 0 Å². The summed E-state index contributed by atoms with van der Waals surface area (Å²) in [4.78, 5) is 17.1. The second-order valence-electron chi connectivity index (χ2n) is 6.87. The summed E-state index contributed by atoms with van der Waals surface area (Å²) in [5.74, 6) is 0.262. The number of aliphatic hydroxyl groups excluding tert-OH is 1. The molecule has 0 saturated carbocycles. The van der Waals surface area contributed by atoms with E-state index in [1.54, 1.807) is 12.1 Å². The van der Waals surface area contributed by atoms with E-state index in [1.807, 2.05) is 55.5 Å². The molecule has 4 rings (SSSR count). The Kier molecular flexibility index (Phi) is 4.38. The molecule has 5 nitrogen and oxygen atoms in total. The number of fused-ring (bicyclic) bond motifs is 1. The van der Waals surface area contributed by atoms with Crippen LogP contribution in [0.1, 0.15) is 33.2 Å². The number of nitrogens with zero attached hydrogens (tertiary/aromatic N) is 1. The molecular weight excluding hydrogens is 338 g/mol. The molecule has 0 unspecified atom stereocenters. The number of amides is 1. The van der Waals surface area contributed by atoms with E-state index in [0.29, 0.717) is 17.8 Å². The maximum Gasteiger partial charge on any atom is 0.251 e. The highest BCUT2D eigenvalue weighted by atomic mass is 16.3. The lowest BCUT2D eigenvalue weighted by Crippen LogP contribution is -2.33. The minimum absolute atomic E-state index is 0.210. The van der Waals surface area contributed by atoms with Gasteiger partial charge in [-0.15, -0.1) is 0 Å². The third-order valence-corrected chi connectivity index (χ3v) is 5.03. The van der Waals surface area contributed by atoms with Gasteiger partial charge >= 0.3 is 0 Å². The number of pyridine rings is 1. The van der Waals surface area contributed by atoms with Crippen molar-refractivity contribution in [3.8, 4) is 11.1 Å². The molecule has 1 aliphatic rings. The summed E-state index contributed by atoms with van der Waals surface area (Å²) in [5, 5.41) is 13.3. The first-order chi connectivity index (χ1) is 13.0. The van der Waals surface area contributed by atoms with Crippen molar-refractivity contribution in [2.24, 2.45) is 0 Å². The monoisotopic (exact) mass is 359 g/mol. The van der Waals surface area contributed by atoms with Crippen LogP contribution in [0.5, 0.6) is 0 Å². The first-order valence-electron chi connectivity index (χ1n) is 8.93. The highest BCUT2D eigenvalue weighted by Gasteiger charge is 2.32. The number of carbonyl (C=O) groups excluding carboxylic acids is 1. The lowest BCUT2D eigenvalue weighted by molar-refractivity contribution is 0.0858. The van der Waals surface area contributed by atoms with Crippen molar-refractivity contribution < 1.29 is 9.90 Å². The van der Waals surface area contributed by atoms with Crippen molar-refractivity contribution in [2.75, 3.05) is 5.73 Å². The minimum Gasteiger partial charge on any atom is -0.390 e. The van der Waals surface area contributed by atoms with Gasteiger partial charge in [0.1, 0.15) is 5.82 Å². The summed E-state index contributed by atoms with van der Waals surface area (Å²) in [6.07, 6.45) is -0.0599. The molecule has 0 aliphatic heterocycles. The molecule has 2 atom stereocenters. The van der Waals surface area contributed by atoms with Gasteiger partial charge in [-0.3, -0.25) is 4.79 Å². The lowest BCUT2D eigenvalue weighted by Gasteiger charge is -2.18. The topological polar surface area (TPSA) is 88.2 Å². The summed E-state index contributed by atoms with van der Waals surface area (Å²) in [6.45, 7) is 1.89. The number of hydrogen-bond donors (Lipinski definition) is 3. The molecule has 2 aromatic carbocycles. The van der Waals surface area contributed by atoms with E-state index in [4.69, 9.17) is 5.73 Å². The normalized spacial score (nSPS) is 18.1. The summed E-state index contributed by atoms with van der Waals surface area (Å²) in [7, 11) is 0. The summed E-state index contributed by atoms with van der Waals surface area (Å²) >= 11 is 0. The molecule has 1 amide bonds. The van der Waals surface area contributed by atoms with Crippen molar-refractivity contribution in [1.29, 1.82) is 0 Å². The fourth-order valence-electron chi connectivity index (χ4n) is 3.69. The molecule has 0 radical (unpaired) electrons. The molecule has 136 valence electrons. The van der Waals surface area contributed by atoms with Crippen LogP contribution in [0.4, 0.5) is 5.82 Å². The van der Waals surface area contributed by atoms with E-state index < -0.39 is 12.1 Å². The Morgan fingerprint density at radius 1 is 1.15 bits per heavy atom. The Bertz CT molecular complexity index is 1020. The summed E-state index contributed by atoms with van der Waals surface area (Å²) in [6, 6.07) is 18.5. The number of nitrogens with two attached hydrogens (primary N) is 1. The molecule has 4 N–H and O–H groups in total. The number of aromatic nitrogens is 1. The van der Waals surface area contributed by atoms with Crippen LogP contribution < -0.4 is 11.1 Å². The van der Waals surface area contributed by atoms with Gasteiger partial charge in [-0.2, -0.15) is 0 Å². The molecule has 27 heavy (non-hydrogen) atoms. The average Bonchev–Trinajstić information content (AvgIpc) is 2.97. The van der Waals surface area contributed by atoms with Gasteiger partial charge in [0.2, 0.25) is 0 Å². The van der Waals surface area contributed by atoms with E-state index in [1.165, 1.54) is 0 Å². The first kappa shape index (κ1) is 17.2. The molecule has 0 saturated heterocycles. The highest BCUT2D eigenvalue weighted by molar-refractivity contribution is 5.96. The van der Waals surface area contributed by atoms with E-state index in [0.717, 1.165) is 27.9 Å².